The predicted molar refractivity (Wildman–Crippen MR) is 64.3 cm³/mol. The Kier molecular flexibility index (Phi) is 2.65. The van der Waals surface area contributed by atoms with Gasteiger partial charge in [-0.2, -0.15) is 5.10 Å². The molecule has 4 heteroatoms. The molecule has 0 aliphatic heterocycles. The molecule has 3 rings (SSSR count). The summed E-state index contributed by atoms with van der Waals surface area (Å²) >= 11 is 0. The molecule has 0 bridgehead atoms. The fourth-order valence-corrected chi connectivity index (χ4v) is 2.31. The van der Waals surface area contributed by atoms with E-state index < -0.39 is 0 Å². The minimum Gasteiger partial charge on any atom is -0.392 e. The summed E-state index contributed by atoms with van der Waals surface area (Å²) in [6.07, 6.45) is 7.18. The maximum atomic E-state index is 9.54. The van der Waals surface area contributed by atoms with Crippen molar-refractivity contribution in [2.24, 2.45) is 0 Å². The van der Waals surface area contributed by atoms with Gasteiger partial charge in [-0.05, 0) is 25.0 Å². The van der Waals surface area contributed by atoms with Crippen molar-refractivity contribution in [3.63, 3.8) is 0 Å². The molecule has 0 aromatic carbocycles. The minimum atomic E-state index is 0.0343. The lowest BCUT2D eigenvalue weighted by Crippen LogP contribution is -2.11. The van der Waals surface area contributed by atoms with E-state index in [9.17, 15) is 5.11 Å². The van der Waals surface area contributed by atoms with Crippen LogP contribution in [0.2, 0.25) is 0 Å². The Morgan fingerprint density at radius 2 is 2.29 bits per heavy atom. The van der Waals surface area contributed by atoms with Gasteiger partial charge in [-0.3, -0.25) is 10.1 Å². The van der Waals surface area contributed by atoms with Crippen molar-refractivity contribution >= 4 is 0 Å². The van der Waals surface area contributed by atoms with Crippen LogP contribution in [0.25, 0.3) is 11.3 Å². The van der Waals surface area contributed by atoms with Crippen LogP contribution in [0.3, 0.4) is 0 Å². The molecule has 0 atom stereocenters. The van der Waals surface area contributed by atoms with Crippen LogP contribution in [-0.4, -0.2) is 20.3 Å². The van der Waals surface area contributed by atoms with E-state index in [0.29, 0.717) is 5.92 Å². The van der Waals surface area contributed by atoms with Gasteiger partial charge in [0.1, 0.15) is 0 Å². The average Bonchev–Trinajstić information content (AvgIpc) is 2.71. The molecule has 2 aromatic rings. The summed E-state index contributed by atoms with van der Waals surface area (Å²) in [5, 5.41) is 17.0. The largest absolute Gasteiger partial charge is 0.392 e. The SMILES string of the molecule is OCc1c(-c2cccnc2)n[nH]c1C1CCC1. The highest BCUT2D eigenvalue weighted by molar-refractivity contribution is 5.63. The first-order valence-corrected chi connectivity index (χ1v) is 5.98. The van der Waals surface area contributed by atoms with Gasteiger partial charge in [0.15, 0.2) is 0 Å². The third-order valence-corrected chi connectivity index (χ3v) is 3.51. The number of nitrogens with one attached hydrogen (secondary N) is 1. The molecule has 2 aromatic heterocycles. The van der Waals surface area contributed by atoms with Gasteiger partial charge < -0.3 is 5.11 Å². The van der Waals surface area contributed by atoms with Crippen molar-refractivity contribution in [3.8, 4) is 11.3 Å². The number of aliphatic hydroxyl groups is 1. The highest BCUT2D eigenvalue weighted by Gasteiger charge is 2.26. The van der Waals surface area contributed by atoms with E-state index in [4.69, 9.17) is 0 Å². The molecule has 0 saturated heterocycles. The monoisotopic (exact) mass is 229 g/mol. The maximum absolute atomic E-state index is 9.54. The molecule has 2 heterocycles. The fraction of sp³-hybridized carbons (Fsp3) is 0.385. The zero-order valence-electron chi connectivity index (χ0n) is 9.56. The predicted octanol–water partition coefficient (Wildman–Crippen LogP) is 2.23. The number of hydrogen-bond donors (Lipinski definition) is 2. The number of rotatable bonds is 3. The van der Waals surface area contributed by atoms with Crippen molar-refractivity contribution < 1.29 is 5.11 Å². The van der Waals surface area contributed by atoms with Crippen molar-refractivity contribution in [2.45, 2.75) is 31.8 Å². The number of nitrogens with zero attached hydrogens (tertiary/aromatic N) is 2. The third kappa shape index (κ3) is 1.74. The summed E-state index contributed by atoms with van der Waals surface area (Å²) in [6.45, 7) is 0.0343. The third-order valence-electron chi connectivity index (χ3n) is 3.51. The lowest BCUT2D eigenvalue weighted by molar-refractivity contribution is 0.277. The summed E-state index contributed by atoms with van der Waals surface area (Å²) < 4.78 is 0. The second kappa shape index (κ2) is 4.30. The standard InChI is InChI=1S/C13H15N3O/c17-8-11-12(9-3-1-4-9)15-16-13(11)10-5-2-6-14-7-10/h2,5-7,9,17H,1,3-4,8H2,(H,15,16). The molecule has 88 valence electrons. The molecule has 1 saturated carbocycles. The normalized spacial score (nSPS) is 15.8. The van der Waals surface area contributed by atoms with Crippen LogP contribution in [0.15, 0.2) is 24.5 Å². The van der Waals surface area contributed by atoms with Crippen LogP contribution in [0.4, 0.5) is 0 Å². The van der Waals surface area contributed by atoms with Crippen LogP contribution in [0.5, 0.6) is 0 Å². The van der Waals surface area contributed by atoms with Gasteiger partial charge in [0, 0.05) is 35.1 Å². The van der Waals surface area contributed by atoms with Gasteiger partial charge >= 0.3 is 0 Å². The average molecular weight is 229 g/mol. The van der Waals surface area contributed by atoms with Crippen LogP contribution >= 0.6 is 0 Å². The highest BCUT2D eigenvalue weighted by Crippen LogP contribution is 2.39. The molecule has 2 N–H and O–H groups in total. The molecule has 0 unspecified atom stereocenters. The molecular weight excluding hydrogens is 214 g/mol. The Balaban J connectivity index is 2.02. The Morgan fingerprint density at radius 3 is 2.88 bits per heavy atom. The van der Waals surface area contributed by atoms with Crippen molar-refractivity contribution in [3.05, 3.63) is 35.8 Å². The number of pyridine rings is 1. The second-order valence-electron chi connectivity index (χ2n) is 4.49. The topological polar surface area (TPSA) is 61.8 Å². The Hall–Kier alpha value is -1.68. The van der Waals surface area contributed by atoms with Gasteiger partial charge in [-0.1, -0.05) is 6.42 Å². The molecule has 17 heavy (non-hydrogen) atoms. The lowest BCUT2D eigenvalue weighted by Gasteiger charge is -2.24. The van der Waals surface area contributed by atoms with Gasteiger partial charge in [0.05, 0.1) is 12.3 Å². The first kappa shape index (κ1) is 10.5. The van der Waals surface area contributed by atoms with Gasteiger partial charge in [0.2, 0.25) is 0 Å². The van der Waals surface area contributed by atoms with E-state index in [0.717, 1.165) is 22.5 Å². The summed E-state index contributed by atoms with van der Waals surface area (Å²) in [5.74, 6) is 0.551. The van der Waals surface area contributed by atoms with Crippen LogP contribution in [0.1, 0.15) is 36.4 Å². The summed E-state index contributed by atoms with van der Waals surface area (Å²) in [7, 11) is 0. The number of aromatic amines is 1. The quantitative estimate of drug-likeness (QED) is 0.848. The summed E-state index contributed by atoms with van der Waals surface area (Å²) in [5.41, 5.74) is 3.83. The summed E-state index contributed by atoms with van der Waals surface area (Å²) in [6, 6.07) is 3.85. The smallest absolute Gasteiger partial charge is 0.0994 e. The number of aliphatic hydroxyl groups excluding tert-OH is 1. The number of H-pyrrole nitrogens is 1. The van der Waals surface area contributed by atoms with E-state index in [1.807, 2.05) is 12.1 Å². The molecule has 1 aliphatic rings. The molecule has 1 fully saturated rings. The highest BCUT2D eigenvalue weighted by atomic mass is 16.3. The van der Waals surface area contributed by atoms with E-state index in [1.165, 1.54) is 19.3 Å². The molecule has 1 aliphatic carbocycles. The first-order chi connectivity index (χ1) is 8.40. The van der Waals surface area contributed by atoms with E-state index in [1.54, 1.807) is 12.4 Å². The van der Waals surface area contributed by atoms with E-state index in [2.05, 4.69) is 15.2 Å². The van der Waals surface area contributed by atoms with Crippen molar-refractivity contribution in [1.29, 1.82) is 0 Å². The van der Waals surface area contributed by atoms with Crippen molar-refractivity contribution in [2.75, 3.05) is 0 Å². The van der Waals surface area contributed by atoms with Crippen LogP contribution in [0, 0.1) is 0 Å². The van der Waals surface area contributed by atoms with Crippen molar-refractivity contribution in [1.82, 2.24) is 15.2 Å². The van der Waals surface area contributed by atoms with Crippen LogP contribution < -0.4 is 0 Å². The number of aromatic nitrogens is 3. The lowest BCUT2D eigenvalue weighted by atomic mass is 9.81. The molecule has 0 radical (unpaired) electrons. The van der Waals surface area contributed by atoms with E-state index in [-0.39, 0.29) is 6.61 Å². The van der Waals surface area contributed by atoms with Crippen LogP contribution in [-0.2, 0) is 6.61 Å². The Bertz CT molecular complexity index is 503. The number of hydrogen-bond acceptors (Lipinski definition) is 3. The van der Waals surface area contributed by atoms with E-state index >= 15 is 0 Å². The Morgan fingerprint density at radius 1 is 1.41 bits per heavy atom. The minimum absolute atomic E-state index is 0.0343. The van der Waals surface area contributed by atoms with Gasteiger partial charge in [-0.25, -0.2) is 0 Å². The summed E-state index contributed by atoms with van der Waals surface area (Å²) in [4.78, 5) is 4.09. The van der Waals surface area contributed by atoms with Gasteiger partial charge in [0.25, 0.3) is 0 Å². The Labute approximate surface area is 99.7 Å². The maximum Gasteiger partial charge on any atom is 0.0994 e. The fourth-order valence-electron chi connectivity index (χ4n) is 2.31. The second-order valence-corrected chi connectivity index (χ2v) is 4.49. The first-order valence-electron chi connectivity index (χ1n) is 5.98. The zero-order chi connectivity index (χ0) is 11.7. The molecule has 0 spiro atoms. The molecular formula is C13H15N3O. The van der Waals surface area contributed by atoms with Gasteiger partial charge in [-0.15, -0.1) is 0 Å². The molecule has 4 nitrogen and oxygen atoms in total. The zero-order valence-corrected chi connectivity index (χ0v) is 9.56. The molecule has 0 amide bonds.